The number of benzene rings is 2. The summed E-state index contributed by atoms with van der Waals surface area (Å²) in [6, 6.07) is 15.9. The van der Waals surface area contributed by atoms with Crippen LogP contribution in [0, 0.1) is 6.92 Å². The van der Waals surface area contributed by atoms with E-state index in [1.54, 1.807) is 0 Å². The zero-order valence-electron chi connectivity index (χ0n) is 15.2. The van der Waals surface area contributed by atoms with E-state index in [1.165, 1.54) is 0 Å². The first-order chi connectivity index (χ1) is 13.1. The maximum Gasteiger partial charge on any atom is 0.252 e. The lowest BCUT2D eigenvalue weighted by Crippen LogP contribution is -2.32. The minimum absolute atomic E-state index is 0.0816. The Hall–Kier alpha value is -2.24. The Morgan fingerprint density at radius 2 is 2.04 bits per heavy atom. The predicted molar refractivity (Wildman–Crippen MR) is 111 cm³/mol. The lowest BCUT2D eigenvalue weighted by molar-refractivity contribution is 0.0859. The van der Waals surface area contributed by atoms with Gasteiger partial charge in [-0.2, -0.15) is 0 Å². The van der Waals surface area contributed by atoms with Crippen molar-refractivity contribution in [3.8, 4) is 11.3 Å². The van der Waals surface area contributed by atoms with Crippen LogP contribution in [0.2, 0.25) is 0 Å². The van der Waals surface area contributed by atoms with Gasteiger partial charge in [0.2, 0.25) is 0 Å². The summed E-state index contributed by atoms with van der Waals surface area (Å²) < 4.78 is 6.63. The molecule has 1 atom stereocenters. The average molecular weight is 425 g/mol. The molecule has 0 bridgehead atoms. The van der Waals surface area contributed by atoms with Crippen molar-refractivity contribution in [1.82, 2.24) is 10.3 Å². The molecular formula is C22H21BrN2O2. The van der Waals surface area contributed by atoms with E-state index in [0.717, 1.165) is 51.6 Å². The third-order valence-corrected chi connectivity index (χ3v) is 5.39. The Kier molecular flexibility index (Phi) is 5.23. The Balaban J connectivity index is 1.72. The molecule has 2 heterocycles. The number of carbonyl (C=O) groups excluding carboxylic acids is 1. The number of nitrogens with one attached hydrogen (secondary N) is 1. The Labute approximate surface area is 167 Å². The summed E-state index contributed by atoms with van der Waals surface area (Å²) in [4.78, 5) is 17.7. The van der Waals surface area contributed by atoms with Crippen LogP contribution in [0.4, 0.5) is 0 Å². The highest BCUT2D eigenvalue weighted by atomic mass is 79.9. The molecule has 3 aromatic rings. The number of pyridine rings is 1. The van der Waals surface area contributed by atoms with Crippen molar-refractivity contribution in [2.24, 2.45) is 0 Å². The number of aryl methyl sites for hydroxylation is 1. The number of aromatic nitrogens is 1. The van der Waals surface area contributed by atoms with Gasteiger partial charge < -0.3 is 10.1 Å². The summed E-state index contributed by atoms with van der Waals surface area (Å²) >= 11 is 3.46. The van der Waals surface area contributed by atoms with Crippen LogP contribution in [0.15, 0.2) is 53.0 Å². The van der Waals surface area contributed by atoms with Crippen molar-refractivity contribution in [3.63, 3.8) is 0 Å². The van der Waals surface area contributed by atoms with E-state index in [-0.39, 0.29) is 12.0 Å². The number of amides is 1. The summed E-state index contributed by atoms with van der Waals surface area (Å²) in [7, 11) is 0. The number of hydrogen-bond donors (Lipinski definition) is 1. The molecule has 5 heteroatoms. The van der Waals surface area contributed by atoms with Crippen LogP contribution >= 0.6 is 15.9 Å². The molecule has 0 spiro atoms. The Morgan fingerprint density at radius 3 is 2.78 bits per heavy atom. The zero-order chi connectivity index (χ0) is 18.8. The van der Waals surface area contributed by atoms with Crippen molar-refractivity contribution in [3.05, 3.63) is 64.1 Å². The van der Waals surface area contributed by atoms with Crippen molar-refractivity contribution < 1.29 is 9.53 Å². The first-order valence-corrected chi connectivity index (χ1v) is 9.96. The third-order valence-electron chi connectivity index (χ3n) is 4.86. The standard InChI is InChI=1S/C22H21BrN2O2/c1-14-4-9-20-18(11-14)19(22(26)24-13-17-3-2-10-27-17)12-21(25-20)15-5-7-16(23)8-6-15/h4-9,11-12,17H,2-3,10,13H2,1H3,(H,24,26)/t17-/m0/s1. The second kappa shape index (κ2) is 7.79. The van der Waals surface area contributed by atoms with Crippen LogP contribution in [0.3, 0.4) is 0 Å². The average Bonchev–Trinajstić information content (AvgIpc) is 3.19. The molecule has 0 unspecified atom stereocenters. The molecule has 4 rings (SSSR count). The number of carbonyl (C=O) groups is 1. The van der Waals surface area contributed by atoms with E-state index in [1.807, 2.05) is 55.5 Å². The molecule has 138 valence electrons. The van der Waals surface area contributed by atoms with Gasteiger partial charge in [-0.15, -0.1) is 0 Å². The highest BCUT2D eigenvalue weighted by Gasteiger charge is 2.19. The van der Waals surface area contributed by atoms with Crippen LogP contribution in [0.1, 0.15) is 28.8 Å². The highest BCUT2D eigenvalue weighted by molar-refractivity contribution is 9.10. The zero-order valence-corrected chi connectivity index (χ0v) is 16.8. The van der Waals surface area contributed by atoms with Crippen molar-refractivity contribution >= 4 is 32.7 Å². The molecule has 27 heavy (non-hydrogen) atoms. The second-order valence-corrected chi connectivity index (χ2v) is 7.84. The fourth-order valence-corrected chi connectivity index (χ4v) is 3.67. The summed E-state index contributed by atoms with van der Waals surface area (Å²) in [5.41, 5.74) is 4.35. The van der Waals surface area contributed by atoms with Crippen LogP contribution < -0.4 is 5.32 Å². The van der Waals surface area contributed by atoms with E-state index in [9.17, 15) is 4.79 Å². The maximum absolute atomic E-state index is 13.0. The fourth-order valence-electron chi connectivity index (χ4n) is 3.40. The van der Waals surface area contributed by atoms with Gasteiger partial charge >= 0.3 is 0 Å². The quantitative estimate of drug-likeness (QED) is 0.648. The minimum Gasteiger partial charge on any atom is -0.376 e. The lowest BCUT2D eigenvalue weighted by atomic mass is 10.0. The highest BCUT2D eigenvalue weighted by Crippen LogP contribution is 2.27. The Morgan fingerprint density at radius 1 is 1.22 bits per heavy atom. The first-order valence-electron chi connectivity index (χ1n) is 9.17. The third kappa shape index (κ3) is 4.04. The van der Waals surface area contributed by atoms with Gasteiger partial charge in [0.25, 0.3) is 5.91 Å². The van der Waals surface area contributed by atoms with Gasteiger partial charge in [0.05, 0.1) is 22.9 Å². The van der Waals surface area contributed by atoms with Crippen LogP contribution in [0.25, 0.3) is 22.2 Å². The largest absolute Gasteiger partial charge is 0.376 e. The number of rotatable bonds is 4. The van der Waals surface area contributed by atoms with Crippen LogP contribution in [-0.2, 0) is 4.74 Å². The van der Waals surface area contributed by atoms with Gasteiger partial charge in [0.15, 0.2) is 0 Å². The molecule has 1 saturated heterocycles. The lowest BCUT2D eigenvalue weighted by Gasteiger charge is -2.13. The second-order valence-electron chi connectivity index (χ2n) is 6.93. The van der Waals surface area contributed by atoms with E-state index in [0.29, 0.717) is 12.1 Å². The minimum atomic E-state index is -0.0816. The van der Waals surface area contributed by atoms with Gasteiger partial charge in [-0.05, 0) is 50.1 Å². The maximum atomic E-state index is 13.0. The topological polar surface area (TPSA) is 51.2 Å². The summed E-state index contributed by atoms with van der Waals surface area (Å²) in [6.45, 7) is 3.35. The predicted octanol–water partition coefficient (Wildman–Crippen LogP) is 4.88. The molecule has 1 fully saturated rings. The number of hydrogen-bond acceptors (Lipinski definition) is 3. The SMILES string of the molecule is Cc1ccc2nc(-c3ccc(Br)cc3)cc(C(=O)NC[C@@H]3CCCO3)c2c1. The molecule has 1 N–H and O–H groups in total. The molecule has 2 aromatic carbocycles. The molecule has 1 aromatic heterocycles. The molecule has 1 aliphatic rings. The normalized spacial score (nSPS) is 16.6. The molecule has 4 nitrogen and oxygen atoms in total. The number of ether oxygens (including phenoxy) is 1. The fraction of sp³-hybridized carbons (Fsp3) is 0.273. The Bertz CT molecular complexity index is 980. The number of fused-ring (bicyclic) bond motifs is 1. The van der Waals surface area contributed by atoms with Crippen LogP contribution in [-0.4, -0.2) is 30.1 Å². The van der Waals surface area contributed by atoms with Gasteiger partial charge in [-0.3, -0.25) is 4.79 Å². The number of halogens is 1. The molecule has 0 saturated carbocycles. The molecule has 0 aliphatic carbocycles. The van der Waals surface area contributed by atoms with E-state index in [4.69, 9.17) is 9.72 Å². The van der Waals surface area contributed by atoms with Crippen molar-refractivity contribution in [2.45, 2.75) is 25.9 Å². The summed E-state index contributed by atoms with van der Waals surface area (Å²) in [6.07, 6.45) is 2.18. The monoisotopic (exact) mass is 424 g/mol. The molecule has 1 aliphatic heterocycles. The summed E-state index contributed by atoms with van der Waals surface area (Å²) in [5, 5.41) is 3.92. The smallest absolute Gasteiger partial charge is 0.252 e. The van der Waals surface area contributed by atoms with E-state index in [2.05, 4.69) is 21.2 Å². The van der Waals surface area contributed by atoms with Gasteiger partial charge in [0, 0.05) is 28.6 Å². The summed E-state index contributed by atoms with van der Waals surface area (Å²) in [5.74, 6) is -0.0816. The van der Waals surface area contributed by atoms with Crippen LogP contribution in [0.5, 0.6) is 0 Å². The van der Waals surface area contributed by atoms with Gasteiger partial charge in [-0.25, -0.2) is 4.98 Å². The molecule has 0 radical (unpaired) electrons. The van der Waals surface area contributed by atoms with Crippen molar-refractivity contribution in [1.29, 1.82) is 0 Å². The van der Waals surface area contributed by atoms with Gasteiger partial charge in [0.1, 0.15) is 0 Å². The van der Waals surface area contributed by atoms with E-state index < -0.39 is 0 Å². The first kappa shape index (κ1) is 18.1. The number of nitrogens with zero attached hydrogens (tertiary/aromatic N) is 1. The van der Waals surface area contributed by atoms with Crippen molar-refractivity contribution in [2.75, 3.05) is 13.2 Å². The molecular weight excluding hydrogens is 404 g/mol. The van der Waals surface area contributed by atoms with Gasteiger partial charge in [-0.1, -0.05) is 39.7 Å². The molecule has 1 amide bonds. The van der Waals surface area contributed by atoms with E-state index >= 15 is 0 Å².